The number of benzene rings is 1. The van der Waals surface area contributed by atoms with Crippen molar-refractivity contribution in [3.05, 3.63) is 59.3 Å². The third-order valence-corrected chi connectivity index (χ3v) is 6.99. The highest BCUT2D eigenvalue weighted by molar-refractivity contribution is 6.34. The Morgan fingerprint density at radius 3 is 2.57 bits per heavy atom. The number of imidazole rings is 1. The van der Waals surface area contributed by atoms with Crippen molar-refractivity contribution in [3.8, 4) is 11.3 Å². The smallest absolute Gasteiger partial charge is 0.433 e. The van der Waals surface area contributed by atoms with Gasteiger partial charge in [-0.15, -0.1) is 0 Å². The number of alkyl halides is 3. The van der Waals surface area contributed by atoms with Crippen molar-refractivity contribution in [3.63, 3.8) is 0 Å². The molecule has 0 bridgehead atoms. The van der Waals surface area contributed by atoms with E-state index in [0.717, 1.165) is 6.20 Å². The fraction of sp³-hybridized carbons (Fsp3) is 0.280. The summed E-state index contributed by atoms with van der Waals surface area (Å²) < 4.78 is 46.4. The van der Waals surface area contributed by atoms with Crippen molar-refractivity contribution in [2.75, 3.05) is 38.0 Å². The first-order valence-electron chi connectivity index (χ1n) is 12.5. The Morgan fingerprint density at radius 2 is 1.90 bits per heavy atom. The van der Waals surface area contributed by atoms with E-state index in [1.54, 1.807) is 11.0 Å². The number of rotatable bonds is 8. The molecule has 5 rings (SSSR count). The zero-order valence-electron chi connectivity index (χ0n) is 21.6. The number of aromatic nitrogens is 5. The molecule has 3 aromatic heterocycles. The molecule has 220 valence electrons. The molecule has 1 aliphatic heterocycles. The molecule has 0 saturated carbocycles. The lowest BCUT2D eigenvalue weighted by atomic mass is 10.1. The zero-order chi connectivity index (χ0) is 30.0. The van der Waals surface area contributed by atoms with Gasteiger partial charge in [-0.25, -0.2) is 9.97 Å². The first-order valence-corrected chi connectivity index (χ1v) is 12.9. The quantitative estimate of drug-likeness (QED) is 0.256. The highest BCUT2D eigenvalue weighted by Gasteiger charge is 2.37. The van der Waals surface area contributed by atoms with E-state index in [0.29, 0.717) is 5.69 Å². The third kappa shape index (κ3) is 5.58. The van der Waals surface area contributed by atoms with Crippen molar-refractivity contribution in [1.29, 1.82) is 0 Å². The standard InChI is InChI=1S/C25H23ClF3N9O4/c26-17-9-14(1-2-15(17)23(40)36-5-7-37(8-6-36)24(41)19(10-30)42-13-39)34-21-22-32-12-18(38(22)4-3-31-21)16-11-33-35-20(16)25(27,28)29/h1-4,9,11-13,19H,5-8,10,30H2,(H,31,34)(H,33,35). The van der Waals surface area contributed by atoms with E-state index in [1.807, 2.05) is 5.10 Å². The number of anilines is 2. The fourth-order valence-corrected chi connectivity index (χ4v) is 4.85. The van der Waals surface area contributed by atoms with Crippen LogP contribution in [0.2, 0.25) is 5.02 Å². The maximum atomic E-state index is 13.4. The molecule has 4 aromatic rings. The molecule has 1 fully saturated rings. The van der Waals surface area contributed by atoms with Crippen LogP contribution in [0.1, 0.15) is 16.1 Å². The number of nitrogens with zero attached hydrogens (tertiary/aromatic N) is 6. The average molecular weight is 606 g/mol. The summed E-state index contributed by atoms with van der Waals surface area (Å²) in [5.41, 5.74) is 5.43. The highest BCUT2D eigenvalue weighted by atomic mass is 35.5. The number of ether oxygens (including phenoxy) is 1. The van der Waals surface area contributed by atoms with E-state index >= 15 is 0 Å². The van der Waals surface area contributed by atoms with Gasteiger partial charge in [0.2, 0.25) is 0 Å². The molecule has 0 spiro atoms. The van der Waals surface area contributed by atoms with Crippen LogP contribution in [0.5, 0.6) is 0 Å². The normalized spacial score (nSPS) is 14.6. The summed E-state index contributed by atoms with van der Waals surface area (Å²) in [6.07, 6.45) is -0.467. The number of nitrogens with one attached hydrogen (secondary N) is 2. The largest absolute Gasteiger partial charge is 0.453 e. The lowest BCUT2D eigenvalue weighted by molar-refractivity contribution is -0.151. The van der Waals surface area contributed by atoms with Gasteiger partial charge in [0, 0.05) is 50.8 Å². The Morgan fingerprint density at radius 1 is 1.17 bits per heavy atom. The summed E-state index contributed by atoms with van der Waals surface area (Å²) in [6, 6.07) is 4.66. The van der Waals surface area contributed by atoms with Gasteiger partial charge in [-0.05, 0) is 18.2 Å². The lowest BCUT2D eigenvalue weighted by Crippen LogP contribution is -2.54. The lowest BCUT2D eigenvalue weighted by Gasteiger charge is -2.36. The molecule has 0 aliphatic carbocycles. The van der Waals surface area contributed by atoms with Gasteiger partial charge in [0.05, 0.1) is 34.2 Å². The fourth-order valence-electron chi connectivity index (χ4n) is 4.59. The monoisotopic (exact) mass is 605 g/mol. The SMILES string of the molecule is NCC(OC=O)C(=O)N1CCN(C(=O)c2ccc(Nc3nccn4c(-c5cn[nH]c5C(F)(F)F)cnc34)cc2Cl)CC1. The molecule has 0 radical (unpaired) electrons. The number of hydrogen-bond acceptors (Lipinski definition) is 9. The number of hydrogen-bond donors (Lipinski definition) is 3. The number of aromatic amines is 1. The van der Waals surface area contributed by atoms with E-state index in [9.17, 15) is 27.6 Å². The first-order chi connectivity index (χ1) is 20.1. The second-order valence-corrected chi connectivity index (χ2v) is 9.57. The minimum atomic E-state index is -4.63. The van der Waals surface area contributed by atoms with Gasteiger partial charge >= 0.3 is 6.18 Å². The molecular weight excluding hydrogens is 583 g/mol. The Kier molecular flexibility index (Phi) is 8.00. The summed E-state index contributed by atoms with van der Waals surface area (Å²) in [6.45, 7) is 0.951. The van der Waals surface area contributed by atoms with E-state index in [-0.39, 0.29) is 78.4 Å². The van der Waals surface area contributed by atoms with Crippen LogP contribution < -0.4 is 11.1 Å². The molecule has 1 aliphatic rings. The maximum absolute atomic E-state index is 13.4. The summed E-state index contributed by atoms with van der Waals surface area (Å²) in [4.78, 5) is 47.8. The van der Waals surface area contributed by atoms with Gasteiger partial charge in [0.25, 0.3) is 18.3 Å². The van der Waals surface area contributed by atoms with Crippen molar-refractivity contribution in [2.24, 2.45) is 5.73 Å². The molecule has 1 aromatic carbocycles. The number of nitrogens with two attached hydrogens (primary N) is 1. The minimum Gasteiger partial charge on any atom is -0.453 e. The van der Waals surface area contributed by atoms with Crippen LogP contribution in [0.3, 0.4) is 0 Å². The molecule has 4 N–H and O–H groups in total. The average Bonchev–Trinajstić information content (AvgIpc) is 3.63. The van der Waals surface area contributed by atoms with Crippen LogP contribution in [-0.2, 0) is 20.5 Å². The Bertz CT molecular complexity index is 1630. The van der Waals surface area contributed by atoms with Gasteiger partial charge in [-0.1, -0.05) is 11.6 Å². The number of amides is 2. The summed E-state index contributed by atoms with van der Waals surface area (Å²) >= 11 is 6.46. The minimum absolute atomic E-state index is 0.148. The predicted molar refractivity (Wildman–Crippen MR) is 143 cm³/mol. The number of fused-ring (bicyclic) bond motifs is 1. The highest BCUT2D eigenvalue weighted by Crippen LogP contribution is 2.36. The molecule has 17 heteroatoms. The van der Waals surface area contributed by atoms with Crippen molar-refractivity contribution in [2.45, 2.75) is 12.3 Å². The molecular formula is C25H23ClF3N9O4. The van der Waals surface area contributed by atoms with Crippen molar-refractivity contribution >= 4 is 47.0 Å². The van der Waals surface area contributed by atoms with Gasteiger partial charge < -0.3 is 25.6 Å². The Hall–Kier alpha value is -4.70. The Labute approximate surface area is 240 Å². The molecule has 2 amide bonds. The first kappa shape index (κ1) is 28.8. The number of halogens is 4. The predicted octanol–water partition coefficient (Wildman–Crippen LogP) is 2.32. The van der Waals surface area contributed by atoms with Crippen molar-refractivity contribution in [1.82, 2.24) is 34.4 Å². The number of piperazine rings is 1. The van der Waals surface area contributed by atoms with Crippen molar-refractivity contribution < 1.29 is 32.3 Å². The van der Waals surface area contributed by atoms with Crippen LogP contribution in [0.4, 0.5) is 24.7 Å². The summed E-state index contributed by atoms with van der Waals surface area (Å²) in [7, 11) is 0. The molecule has 1 saturated heterocycles. The zero-order valence-corrected chi connectivity index (χ0v) is 22.4. The number of carbonyl (C=O) groups is 3. The van der Waals surface area contributed by atoms with Crippen LogP contribution in [0.15, 0.2) is 43.0 Å². The van der Waals surface area contributed by atoms with Crippen LogP contribution in [0.25, 0.3) is 16.9 Å². The number of carbonyl (C=O) groups excluding carboxylic acids is 3. The van der Waals surface area contributed by atoms with E-state index in [4.69, 9.17) is 22.1 Å². The molecule has 1 atom stereocenters. The van der Waals surface area contributed by atoms with E-state index in [1.165, 1.54) is 40.0 Å². The molecule has 13 nitrogen and oxygen atoms in total. The van der Waals surface area contributed by atoms with Gasteiger partial charge in [-0.3, -0.25) is 23.9 Å². The van der Waals surface area contributed by atoms with E-state index in [2.05, 4.69) is 20.4 Å². The van der Waals surface area contributed by atoms with Gasteiger partial charge in [0.15, 0.2) is 17.6 Å². The molecule has 1 unspecified atom stereocenters. The topological polar surface area (TPSA) is 164 Å². The van der Waals surface area contributed by atoms with E-state index < -0.39 is 23.9 Å². The second-order valence-electron chi connectivity index (χ2n) is 9.16. The molecule has 42 heavy (non-hydrogen) atoms. The number of H-pyrrole nitrogens is 1. The Balaban J connectivity index is 1.29. The van der Waals surface area contributed by atoms with Gasteiger partial charge in [0.1, 0.15) is 5.69 Å². The third-order valence-electron chi connectivity index (χ3n) is 6.68. The second kappa shape index (κ2) is 11.7. The van der Waals surface area contributed by atoms with Crippen LogP contribution >= 0.6 is 11.6 Å². The van der Waals surface area contributed by atoms with Crippen LogP contribution in [0, 0.1) is 0 Å². The van der Waals surface area contributed by atoms with Gasteiger partial charge in [-0.2, -0.15) is 18.3 Å². The van der Waals surface area contributed by atoms with Crippen LogP contribution in [-0.4, -0.2) is 91.5 Å². The summed E-state index contributed by atoms with van der Waals surface area (Å²) in [5.74, 6) is -0.521. The summed E-state index contributed by atoms with van der Waals surface area (Å²) in [5, 5.41) is 8.71. The maximum Gasteiger partial charge on any atom is 0.433 e. The molecule has 4 heterocycles.